The van der Waals surface area contributed by atoms with Crippen LogP contribution < -0.4 is 5.32 Å². The Morgan fingerprint density at radius 2 is 2.04 bits per heavy atom. The van der Waals surface area contributed by atoms with Crippen molar-refractivity contribution < 1.29 is 14.7 Å². The quantitative estimate of drug-likeness (QED) is 0.785. The molecule has 2 aliphatic rings. The van der Waals surface area contributed by atoms with Gasteiger partial charge >= 0.3 is 0 Å². The van der Waals surface area contributed by atoms with Crippen molar-refractivity contribution in [1.82, 2.24) is 20.1 Å². The lowest BCUT2D eigenvalue weighted by Gasteiger charge is -2.38. The minimum atomic E-state index is -0.746. The molecule has 1 atom stereocenters. The van der Waals surface area contributed by atoms with Crippen LogP contribution in [0.3, 0.4) is 0 Å². The van der Waals surface area contributed by atoms with Gasteiger partial charge < -0.3 is 20.2 Å². The van der Waals surface area contributed by atoms with Crippen LogP contribution in [0, 0.1) is 0 Å². The van der Waals surface area contributed by atoms with Gasteiger partial charge in [0.1, 0.15) is 0 Å². The van der Waals surface area contributed by atoms with Gasteiger partial charge in [-0.1, -0.05) is 6.07 Å². The summed E-state index contributed by atoms with van der Waals surface area (Å²) in [5, 5.41) is 14.1. The van der Waals surface area contributed by atoms with Crippen molar-refractivity contribution in [3.05, 3.63) is 30.1 Å². The fourth-order valence-electron chi connectivity index (χ4n) is 4.31. The van der Waals surface area contributed by atoms with Crippen molar-refractivity contribution in [3.8, 4) is 0 Å². The molecule has 0 radical (unpaired) electrons. The Morgan fingerprint density at radius 3 is 2.71 bits per heavy atom. The van der Waals surface area contributed by atoms with Crippen LogP contribution in [-0.4, -0.2) is 76.1 Å². The molecule has 3 rings (SSSR count). The van der Waals surface area contributed by atoms with Gasteiger partial charge in [0.05, 0.1) is 12.0 Å². The number of aliphatic hydroxyl groups is 1. The van der Waals surface area contributed by atoms with Crippen molar-refractivity contribution in [1.29, 1.82) is 0 Å². The van der Waals surface area contributed by atoms with E-state index >= 15 is 0 Å². The number of nitrogens with one attached hydrogen (secondary N) is 1. The Labute approximate surface area is 167 Å². The predicted molar refractivity (Wildman–Crippen MR) is 107 cm³/mol. The second kappa shape index (κ2) is 9.47. The zero-order valence-corrected chi connectivity index (χ0v) is 16.8. The lowest BCUT2D eigenvalue weighted by atomic mass is 9.93. The molecule has 7 nitrogen and oxygen atoms in total. The molecule has 0 spiro atoms. The summed E-state index contributed by atoms with van der Waals surface area (Å²) in [5.74, 6) is 0.130. The third-order valence-electron chi connectivity index (χ3n) is 5.86. The molecule has 2 saturated heterocycles. The fourth-order valence-corrected chi connectivity index (χ4v) is 4.31. The highest BCUT2D eigenvalue weighted by Crippen LogP contribution is 2.25. The molecule has 2 aliphatic heterocycles. The summed E-state index contributed by atoms with van der Waals surface area (Å²) in [6.45, 7) is 5.27. The molecule has 3 heterocycles. The number of rotatable bonds is 5. The molecule has 1 aromatic heterocycles. The highest BCUT2D eigenvalue weighted by molar-refractivity contribution is 5.78. The van der Waals surface area contributed by atoms with Crippen LogP contribution >= 0.6 is 0 Å². The second-order valence-corrected chi connectivity index (χ2v) is 8.25. The van der Waals surface area contributed by atoms with Crippen LogP contribution in [0.4, 0.5) is 0 Å². The Balaban J connectivity index is 1.47. The number of hydrogen-bond acceptors (Lipinski definition) is 5. The Bertz CT molecular complexity index is 661. The molecule has 0 saturated carbocycles. The van der Waals surface area contributed by atoms with Gasteiger partial charge in [0, 0.05) is 58.1 Å². The average molecular weight is 389 g/mol. The Morgan fingerprint density at radius 1 is 1.25 bits per heavy atom. The molecule has 2 amide bonds. The summed E-state index contributed by atoms with van der Waals surface area (Å²) in [7, 11) is 0. The first-order valence-corrected chi connectivity index (χ1v) is 10.3. The Hall–Kier alpha value is -1.99. The number of aromatic nitrogens is 1. The monoisotopic (exact) mass is 388 g/mol. The molecule has 2 N–H and O–H groups in total. The van der Waals surface area contributed by atoms with E-state index in [0.717, 1.165) is 44.3 Å². The van der Waals surface area contributed by atoms with E-state index < -0.39 is 5.60 Å². The van der Waals surface area contributed by atoms with Crippen molar-refractivity contribution >= 4 is 11.8 Å². The minimum Gasteiger partial charge on any atom is -0.388 e. The molecule has 0 bridgehead atoms. The molecule has 1 aromatic rings. The summed E-state index contributed by atoms with van der Waals surface area (Å²) in [5.41, 5.74) is 0.179. The maximum atomic E-state index is 12.6. The van der Waals surface area contributed by atoms with Gasteiger partial charge in [0.2, 0.25) is 11.8 Å². The first-order chi connectivity index (χ1) is 13.4. The number of amides is 2. The first-order valence-electron chi connectivity index (χ1n) is 10.3. The number of carbonyl (C=O) groups is 2. The van der Waals surface area contributed by atoms with Crippen molar-refractivity contribution in [2.24, 2.45) is 0 Å². The van der Waals surface area contributed by atoms with Gasteiger partial charge in [-0.15, -0.1) is 0 Å². The van der Waals surface area contributed by atoms with E-state index in [2.05, 4.69) is 15.2 Å². The van der Waals surface area contributed by atoms with Gasteiger partial charge in [-0.3, -0.25) is 14.6 Å². The number of hydrogen-bond donors (Lipinski definition) is 2. The van der Waals surface area contributed by atoms with Crippen molar-refractivity contribution in [2.45, 2.75) is 57.1 Å². The van der Waals surface area contributed by atoms with Gasteiger partial charge in [-0.25, -0.2) is 0 Å². The highest BCUT2D eigenvalue weighted by atomic mass is 16.3. The molecule has 0 aliphatic carbocycles. The third kappa shape index (κ3) is 6.01. The zero-order chi connectivity index (χ0) is 20.0. The topological polar surface area (TPSA) is 85.8 Å². The number of carbonyl (C=O) groups excluding carboxylic acids is 2. The molecule has 0 aromatic carbocycles. The number of nitrogens with zero attached hydrogens (tertiary/aromatic N) is 3. The third-order valence-corrected chi connectivity index (χ3v) is 5.86. The van der Waals surface area contributed by atoms with Gasteiger partial charge in [-0.2, -0.15) is 0 Å². The SMILES string of the molecule is CC(=O)NC1CCN(C[C@@]2(O)CCCN(C(=O)Cc3cccnc3)CC2)CC1. The lowest BCUT2D eigenvalue weighted by molar-refractivity contribution is -0.130. The van der Waals surface area contributed by atoms with Crippen LogP contribution in [0.15, 0.2) is 24.5 Å². The molecular formula is C21H32N4O3. The van der Waals surface area contributed by atoms with Crippen molar-refractivity contribution in [3.63, 3.8) is 0 Å². The largest absolute Gasteiger partial charge is 0.388 e. The van der Waals surface area contributed by atoms with E-state index in [1.165, 1.54) is 0 Å². The lowest BCUT2D eigenvalue weighted by Crippen LogP contribution is -2.50. The molecule has 7 heteroatoms. The maximum Gasteiger partial charge on any atom is 0.227 e. The Kier molecular flexibility index (Phi) is 7.02. The van der Waals surface area contributed by atoms with Gasteiger partial charge in [-0.05, 0) is 43.7 Å². The highest BCUT2D eigenvalue weighted by Gasteiger charge is 2.34. The molecular weight excluding hydrogens is 356 g/mol. The van der Waals surface area contributed by atoms with Crippen LogP contribution in [0.1, 0.15) is 44.6 Å². The summed E-state index contributed by atoms with van der Waals surface area (Å²) in [4.78, 5) is 32.1. The van der Waals surface area contributed by atoms with Crippen molar-refractivity contribution in [2.75, 3.05) is 32.7 Å². The van der Waals surface area contributed by atoms with E-state index in [0.29, 0.717) is 32.5 Å². The standard InChI is InChI=1S/C21H32N4O3/c1-17(26)23-19-5-11-24(12-6-19)16-21(28)7-3-10-25(13-8-21)20(27)14-18-4-2-9-22-15-18/h2,4,9,15,19,28H,3,5-8,10-14,16H2,1H3,(H,23,26)/t21-/m1/s1. The molecule has 154 valence electrons. The zero-order valence-electron chi connectivity index (χ0n) is 16.8. The van der Waals surface area contributed by atoms with Gasteiger partial charge in [0.25, 0.3) is 0 Å². The van der Waals surface area contributed by atoms with Crippen LogP contribution in [0.25, 0.3) is 0 Å². The smallest absolute Gasteiger partial charge is 0.227 e. The molecule has 2 fully saturated rings. The van der Waals surface area contributed by atoms with E-state index in [1.54, 1.807) is 19.3 Å². The maximum absolute atomic E-state index is 12.6. The van der Waals surface area contributed by atoms with E-state index in [4.69, 9.17) is 0 Å². The number of likely N-dealkylation sites (tertiary alicyclic amines) is 2. The summed E-state index contributed by atoms with van der Waals surface area (Å²) in [6.07, 6.45) is 7.79. The number of pyridine rings is 1. The van der Waals surface area contributed by atoms with Crippen LogP contribution in [0.2, 0.25) is 0 Å². The predicted octanol–water partition coefficient (Wildman–Crippen LogP) is 0.968. The summed E-state index contributed by atoms with van der Waals surface area (Å²) >= 11 is 0. The average Bonchev–Trinajstić information content (AvgIpc) is 2.86. The molecule has 0 unspecified atom stereocenters. The van der Waals surface area contributed by atoms with E-state index in [9.17, 15) is 14.7 Å². The minimum absolute atomic E-state index is 0.0249. The van der Waals surface area contributed by atoms with Crippen LogP contribution in [-0.2, 0) is 16.0 Å². The first kappa shape index (κ1) is 20.7. The van der Waals surface area contributed by atoms with E-state index in [1.807, 2.05) is 17.0 Å². The fraction of sp³-hybridized carbons (Fsp3) is 0.667. The van der Waals surface area contributed by atoms with Crippen LogP contribution in [0.5, 0.6) is 0 Å². The van der Waals surface area contributed by atoms with E-state index in [-0.39, 0.29) is 17.9 Å². The summed E-state index contributed by atoms with van der Waals surface area (Å²) in [6, 6.07) is 4.01. The number of piperidine rings is 1. The van der Waals surface area contributed by atoms with Gasteiger partial charge in [0.15, 0.2) is 0 Å². The number of β-amino-alcohol motifs (C(OH)–C–C–N with tert-alkyl or cyclic N) is 1. The summed E-state index contributed by atoms with van der Waals surface area (Å²) < 4.78 is 0. The second-order valence-electron chi connectivity index (χ2n) is 8.25. The molecule has 28 heavy (non-hydrogen) atoms. The normalized spacial score (nSPS) is 24.6.